The van der Waals surface area contributed by atoms with Crippen molar-refractivity contribution < 1.29 is 9.90 Å². The number of aliphatic hydroxyl groups excluding tert-OH is 1. The Morgan fingerprint density at radius 3 is 2.44 bits per heavy atom. The number of Topliss-reactive ketones (excluding diaryl/α,β-unsaturated/α-hetero) is 1. The molecule has 0 saturated carbocycles. The van der Waals surface area contributed by atoms with Gasteiger partial charge in [0, 0.05) is 24.7 Å². The van der Waals surface area contributed by atoms with E-state index in [4.69, 9.17) is 5.73 Å². The van der Waals surface area contributed by atoms with E-state index in [-0.39, 0.29) is 12.4 Å². The van der Waals surface area contributed by atoms with Gasteiger partial charge in [0.15, 0.2) is 5.78 Å². The number of aromatic nitrogens is 1. The predicted molar refractivity (Wildman–Crippen MR) is 111 cm³/mol. The van der Waals surface area contributed by atoms with E-state index in [9.17, 15) is 9.90 Å². The van der Waals surface area contributed by atoms with Gasteiger partial charge in [-0.25, -0.2) is 0 Å². The smallest absolute Gasteiger partial charge is 0.179 e. The maximum absolute atomic E-state index is 12.7. The molecule has 1 unspecified atom stereocenters. The molecule has 0 amide bonds. The summed E-state index contributed by atoms with van der Waals surface area (Å²) in [7, 11) is 1.98. The molecule has 0 aliphatic rings. The number of carbonyl (C=O) groups excluding carboxylic acids is 1. The molecular weight excluding hydrogens is 336 g/mol. The minimum Gasteiger partial charge on any atom is -0.394 e. The highest BCUT2D eigenvalue weighted by atomic mass is 16.3. The lowest BCUT2D eigenvalue weighted by atomic mass is 9.96. The van der Waals surface area contributed by atoms with Crippen LogP contribution in [-0.2, 0) is 19.9 Å². The fourth-order valence-electron chi connectivity index (χ4n) is 3.50. The molecule has 0 fully saturated rings. The van der Waals surface area contributed by atoms with Crippen LogP contribution in [0.2, 0.25) is 0 Å². The van der Waals surface area contributed by atoms with E-state index >= 15 is 0 Å². The number of aryl methyl sites for hydroxylation is 3. The summed E-state index contributed by atoms with van der Waals surface area (Å²) in [5.41, 5.74) is 11.2. The Bertz CT molecular complexity index is 757. The summed E-state index contributed by atoms with van der Waals surface area (Å²) in [6, 6.07) is 10.5. The van der Waals surface area contributed by atoms with Gasteiger partial charge in [-0.1, -0.05) is 29.8 Å². The molecule has 2 aromatic rings. The van der Waals surface area contributed by atoms with Crippen molar-refractivity contribution in [1.82, 2.24) is 4.57 Å². The third-order valence-electron chi connectivity index (χ3n) is 5.37. The van der Waals surface area contributed by atoms with Gasteiger partial charge >= 0.3 is 0 Å². The van der Waals surface area contributed by atoms with Gasteiger partial charge in [0.1, 0.15) is 0 Å². The zero-order valence-corrected chi connectivity index (χ0v) is 17.2. The standard InChI is InChI=1S/C23H34N2O2/c1-17-10-12-19(13-11-17)7-5-9-22(27)21-15-18(2)20(25(21)4)8-6-14-23(3,24)16-26/h10-13,15,26H,5-9,14,16,24H2,1-4H3. The van der Waals surface area contributed by atoms with E-state index in [1.54, 1.807) is 0 Å². The van der Waals surface area contributed by atoms with Crippen LogP contribution in [0.15, 0.2) is 30.3 Å². The average molecular weight is 371 g/mol. The number of nitrogens with two attached hydrogens (primary N) is 1. The van der Waals surface area contributed by atoms with Gasteiger partial charge in [0.25, 0.3) is 0 Å². The zero-order chi connectivity index (χ0) is 20.0. The minimum absolute atomic E-state index is 0.0101. The molecule has 0 aliphatic carbocycles. The monoisotopic (exact) mass is 370 g/mol. The second-order valence-corrected chi connectivity index (χ2v) is 8.15. The van der Waals surface area contributed by atoms with Gasteiger partial charge in [0.05, 0.1) is 12.3 Å². The number of aliphatic hydroxyl groups is 1. The van der Waals surface area contributed by atoms with Crippen LogP contribution in [0.1, 0.15) is 65.5 Å². The minimum atomic E-state index is -0.534. The molecule has 0 radical (unpaired) electrons. The van der Waals surface area contributed by atoms with E-state index in [2.05, 4.69) is 38.1 Å². The van der Waals surface area contributed by atoms with Crippen LogP contribution in [0.3, 0.4) is 0 Å². The SMILES string of the molecule is Cc1ccc(CCCC(=O)c2cc(C)c(CCCC(C)(N)CO)n2C)cc1. The van der Waals surface area contributed by atoms with Crippen molar-refractivity contribution >= 4 is 5.78 Å². The Kier molecular flexibility index (Phi) is 7.40. The summed E-state index contributed by atoms with van der Waals surface area (Å²) in [4.78, 5) is 12.7. The van der Waals surface area contributed by atoms with Gasteiger partial charge in [-0.2, -0.15) is 0 Å². The van der Waals surface area contributed by atoms with Gasteiger partial charge < -0.3 is 15.4 Å². The number of carbonyl (C=O) groups is 1. The van der Waals surface area contributed by atoms with Gasteiger partial charge in [-0.15, -0.1) is 0 Å². The van der Waals surface area contributed by atoms with Gasteiger partial charge in [0.2, 0.25) is 0 Å². The summed E-state index contributed by atoms with van der Waals surface area (Å²) >= 11 is 0. The maximum atomic E-state index is 12.7. The third kappa shape index (κ3) is 6.05. The van der Waals surface area contributed by atoms with E-state index in [0.29, 0.717) is 6.42 Å². The molecule has 4 heteroatoms. The molecule has 0 saturated heterocycles. The molecule has 1 aromatic carbocycles. The summed E-state index contributed by atoms with van der Waals surface area (Å²) in [5, 5.41) is 9.28. The van der Waals surface area contributed by atoms with E-state index in [1.807, 2.05) is 24.6 Å². The number of hydrogen-bond acceptors (Lipinski definition) is 3. The van der Waals surface area contributed by atoms with Gasteiger partial charge in [-0.05, 0) is 70.1 Å². The molecule has 3 N–H and O–H groups in total. The fraction of sp³-hybridized carbons (Fsp3) is 0.522. The van der Waals surface area contributed by atoms with Crippen LogP contribution in [-0.4, -0.2) is 27.6 Å². The highest BCUT2D eigenvalue weighted by Gasteiger charge is 2.19. The lowest BCUT2D eigenvalue weighted by Crippen LogP contribution is -2.40. The Morgan fingerprint density at radius 2 is 1.81 bits per heavy atom. The van der Waals surface area contributed by atoms with Crippen LogP contribution in [0, 0.1) is 13.8 Å². The first-order chi connectivity index (χ1) is 12.7. The summed E-state index contributed by atoms with van der Waals surface area (Å²) in [6.07, 6.45) is 4.88. The Labute approximate surface area is 163 Å². The van der Waals surface area contributed by atoms with Crippen LogP contribution in [0.25, 0.3) is 0 Å². The molecule has 1 heterocycles. The number of ketones is 1. The highest BCUT2D eigenvalue weighted by Crippen LogP contribution is 2.20. The molecular formula is C23H34N2O2. The van der Waals surface area contributed by atoms with Crippen molar-refractivity contribution in [2.24, 2.45) is 12.8 Å². The van der Waals surface area contributed by atoms with Crippen molar-refractivity contribution in [3.63, 3.8) is 0 Å². The van der Waals surface area contributed by atoms with Gasteiger partial charge in [-0.3, -0.25) is 4.79 Å². The lowest BCUT2D eigenvalue weighted by Gasteiger charge is -2.21. The number of rotatable bonds is 10. The normalized spacial score (nSPS) is 13.6. The van der Waals surface area contributed by atoms with Crippen LogP contribution >= 0.6 is 0 Å². The molecule has 4 nitrogen and oxygen atoms in total. The number of hydrogen-bond donors (Lipinski definition) is 2. The largest absolute Gasteiger partial charge is 0.394 e. The van der Waals surface area contributed by atoms with Crippen LogP contribution in [0.4, 0.5) is 0 Å². The van der Waals surface area contributed by atoms with E-state index in [0.717, 1.165) is 43.4 Å². The quantitative estimate of drug-likeness (QED) is 0.624. The molecule has 2 rings (SSSR count). The van der Waals surface area contributed by atoms with E-state index in [1.165, 1.54) is 16.8 Å². The molecule has 0 spiro atoms. The first-order valence-corrected chi connectivity index (χ1v) is 9.87. The van der Waals surface area contributed by atoms with E-state index < -0.39 is 5.54 Å². The predicted octanol–water partition coefficient (Wildman–Crippen LogP) is 3.88. The van der Waals surface area contributed by atoms with Crippen molar-refractivity contribution in [3.05, 3.63) is 58.4 Å². The summed E-state index contributed by atoms with van der Waals surface area (Å²) in [6.45, 7) is 6.00. The topological polar surface area (TPSA) is 68.2 Å². The highest BCUT2D eigenvalue weighted by molar-refractivity contribution is 5.95. The molecule has 0 aliphatic heterocycles. The zero-order valence-electron chi connectivity index (χ0n) is 17.2. The molecule has 148 valence electrons. The second kappa shape index (κ2) is 9.34. The van der Waals surface area contributed by atoms with Crippen LogP contribution in [0.5, 0.6) is 0 Å². The Hall–Kier alpha value is -1.91. The second-order valence-electron chi connectivity index (χ2n) is 8.15. The maximum Gasteiger partial charge on any atom is 0.179 e. The average Bonchev–Trinajstić information content (AvgIpc) is 2.91. The molecule has 1 aromatic heterocycles. The van der Waals surface area contributed by atoms with Crippen molar-refractivity contribution in [1.29, 1.82) is 0 Å². The first kappa shape index (κ1) is 21.4. The van der Waals surface area contributed by atoms with Crippen molar-refractivity contribution in [2.75, 3.05) is 6.61 Å². The third-order valence-corrected chi connectivity index (χ3v) is 5.37. The molecule has 27 heavy (non-hydrogen) atoms. The molecule has 1 atom stereocenters. The molecule has 0 bridgehead atoms. The van der Waals surface area contributed by atoms with Crippen molar-refractivity contribution in [3.8, 4) is 0 Å². The fourth-order valence-corrected chi connectivity index (χ4v) is 3.50. The summed E-state index contributed by atoms with van der Waals surface area (Å²) in [5.74, 6) is 0.206. The summed E-state index contributed by atoms with van der Waals surface area (Å²) < 4.78 is 2.04. The lowest BCUT2D eigenvalue weighted by molar-refractivity contribution is 0.0972. The first-order valence-electron chi connectivity index (χ1n) is 9.87. The Morgan fingerprint density at radius 1 is 1.15 bits per heavy atom. The number of benzene rings is 1. The number of nitrogens with zero attached hydrogens (tertiary/aromatic N) is 1. The van der Waals surface area contributed by atoms with Crippen molar-refractivity contribution in [2.45, 2.75) is 64.8 Å². The van der Waals surface area contributed by atoms with Crippen LogP contribution < -0.4 is 5.73 Å². The Balaban J connectivity index is 1.91.